The van der Waals surface area contributed by atoms with Crippen molar-refractivity contribution in [2.24, 2.45) is 5.92 Å². The number of benzene rings is 1. The number of halogens is 1. The summed E-state index contributed by atoms with van der Waals surface area (Å²) in [6.07, 6.45) is 2.21. The van der Waals surface area contributed by atoms with E-state index >= 15 is 0 Å². The van der Waals surface area contributed by atoms with Crippen LogP contribution in [0.25, 0.3) is 0 Å². The van der Waals surface area contributed by atoms with Crippen molar-refractivity contribution in [3.63, 3.8) is 0 Å². The first kappa shape index (κ1) is 16.5. The van der Waals surface area contributed by atoms with Crippen molar-refractivity contribution in [1.29, 1.82) is 0 Å². The second-order valence-electron chi connectivity index (χ2n) is 5.09. The lowest BCUT2D eigenvalue weighted by Gasteiger charge is -2.25. The highest BCUT2D eigenvalue weighted by molar-refractivity contribution is 6.31. The van der Waals surface area contributed by atoms with E-state index in [2.05, 4.69) is 31.3 Å². The molecule has 108 valence electrons. The van der Waals surface area contributed by atoms with Gasteiger partial charge in [0, 0.05) is 31.2 Å². The first-order valence-electron chi connectivity index (χ1n) is 7.14. The standard InChI is InChI=1S/C16H26ClNO/c1-4-10-18-12-15(13(2)9-11-19-3)14-7-5-6-8-16(14)17/h5-8,13,15,18H,4,9-12H2,1-3H3. The summed E-state index contributed by atoms with van der Waals surface area (Å²) in [5.41, 5.74) is 1.25. The molecular formula is C16H26ClNO. The van der Waals surface area contributed by atoms with Gasteiger partial charge in [-0.15, -0.1) is 0 Å². The molecule has 3 heteroatoms. The molecule has 1 rings (SSSR count). The molecule has 0 aromatic heterocycles. The normalized spacial score (nSPS) is 14.3. The molecule has 2 atom stereocenters. The fourth-order valence-corrected chi connectivity index (χ4v) is 2.61. The zero-order valence-corrected chi connectivity index (χ0v) is 13.0. The highest BCUT2D eigenvalue weighted by Crippen LogP contribution is 2.31. The van der Waals surface area contributed by atoms with E-state index in [0.29, 0.717) is 11.8 Å². The number of nitrogens with one attached hydrogen (secondary N) is 1. The molecule has 2 unspecified atom stereocenters. The molecule has 0 aliphatic carbocycles. The lowest BCUT2D eigenvalue weighted by Crippen LogP contribution is -2.27. The maximum absolute atomic E-state index is 6.35. The Hall–Kier alpha value is -0.570. The van der Waals surface area contributed by atoms with Crippen LogP contribution in [0.2, 0.25) is 5.02 Å². The number of hydrogen-bond donors (Lipinski definition) is 1. The molecule has 19 heavy (non-hydrogen) atoms. The van der Waals surface area contributed by atoms with Gasteiger partial charge in [-0.2, -0.15) is 0 Å². The smallest absolute Gasteiger partial charge is 0.0465 e. The number of rotatable bonds is 9. The largest absolute Gasteiger partial charge is 0.385 e. The van der Waals surface area contributed by atoms with Gasteiger partial charge in [0.25, 0.3) is 0 Å². The van der Waals surface area contributed by atoms with Crippen LogP contribution < -0.4 is 5.32 Å². The van der Waals surface area contributed by atoms with E-state index in [4.69, 9.17) is 16.3 Å². The SMILES string of the molecule is CCCNCC(c1ccccc1Cl)C(C)CCOC. The molecule has 0 fully saturated rings. The van der Waals surface area contributed by atoms with Crippen molar-refractivity contribution in [1.82, 2.24) is 5.32 Å². The first-order valence-corrected chi connectivity index (χ1v) is 7.52. The van der Waals surface area contributed by atoms with Gasteiger partial charge in [0.2, 0.25) is 0 Å². The van der Waals surface area contributed by atoms with E-state index in [-0.39, 0.29) is 0 Å². The Morgan fingerprint density at radius 3 is 2.68 bits per heavy atom. The van der Waals surface area contributed by atoms with Gasteiger partial charge in [-0.25, -0.2) is 0 Å². The average molecular weight is 284 g/mol. The van der Waals surface area contributed by atoms with Gasteiger partial charge in [0.1, 0.15) is 0 Å². The molecule has 0 radical (unpaired) electrons. The molecule has 1 aromatic rings. The second-order valence-corrected chi connectivity index (χ2v) is 5.50. The summed E-state index contributed by atoms with van der Waals surface area (Å²) in [7, 11) is 1.76. The average Bonchev–Trinajstić information content (AvgIpc) is 2.42. The van der Waals surface area contributed by atoms with Crippen molar-refractivity contribution in [2.45, 2.75) is 32.6 Å². The highest BCUT2D eigenvalue weighted by atomic mass is 35.5. The molecule has 0 heterocycles. The molecule has 1 aromatic carbocycles. The minimum Gasteiger partial charge on any atom is -0.385 e. The third-order valence-corrected chi connectivity index (χ3v) is 3.90. The fraction of sp³-hybridized carbons (Fsp3) is 0.625. The Morgan fingerprint density at radius 2 is 2.05 bits per heavy atom. The molecule has 0 aliphatic rings. The van der Waals surface area contributed by atoms with Crippen molar-refractivity contribution in [2.75, 3.05) is 26.8 Å². The van der Waals surface area contributed by atoms with Crippen LogP contribution in [-0.2, 0) is 4.74 Å². The van der Waals surface area contributed by atoms with Crippen LogP contribution in [0.1, 0.15) is 38.2 Å². The number of ether oxygens (including phenoxy) is 1. The Balaban J connectivity index is 2.76. The molecular weight excluding hydrogens is 258 g/mol. The fourth-order valence-electron chi connectivity index (χ4n) is 2.33. The van der Waals surface area contributed by atoms with Crippen LogP contribution in [0.4, 0.5) is 0 Å². The lowest BCUT2D eigenvalue weighted by molar-refractivity contribution is 0.174. The summed E-state index contributed by atoms with van der Waals surface area (Å²) in [6.45, 7) is 7.29. The van der Waals surface area contributed by atoms with Gasteiger partial charge >= 0.3 is 0 Å². The predicted molar refractivity (Wildman–Crippen MR) is 83.0 cm³/mol. The summed E-state index contributed by atoms with van der Waals surface area (Å²) in [5.74, 6) is 0.986. The van der Waals surface area contributed by atoms with Gasteiger partial charge < -0.3 is 10.1 Å². The van der Waals surface area contributed by atoms with E-state index in [9.17, 15) is 0 Å². The molecule has 1 N–H and O–H groups in total. The van der Waals surface area contributed by atoms with Crippen LogP contribution in [-0.4, -0.2) is 26.8 Å². The first-order chi connectivity index (χ1) is 9.20. The van der Waals surface area contributed by atoms with Crippen molar-refractivity contribution >= 4 is 11.6 Å². The zero-order chi connectivity index (χ0) is 14.1. The maximum Gasteiger partial charge on any atom is 0.0465 e. The van der Waals surface area contributed by atoms with Gasteiger partial charge in [0.05, 0.1) is 0 Å². The van der Waals surface area contributed by atoms with Gasteiger partial charge in [0.15, 0.2) is 0 Å². The Bertz CT molecular complexity index is 356. The molecule has 0 saturated carbocycles. The molecule has 0 bridgehead atoms. The van der Waals surface area contributed by atoms with Crippen molar-refractivity contribution < 1.29 is 4.74 Å². The predicted octanol–water partition coefficient (Wildman–Crippen LogP) is 4.10. The van der Waals surface area contributed by atoms with Gasteiger partial charge in [-0.05, 0) is 36.9 Å². The van der Waals surface area contributed by atoms with E-state index in [1.807, 2.05) is 12.1 Å². The molecule has 0 aliphatic heterocycles. The van der Waals surface area contributed by atoms with E-state index in [0.717, 1.165) is 37.6 Å². The molecule has 0 spiro atoms. The van der Waals surface area contributed by atoms with Crippen LogP contribution in [0.3, 0.4) is 0 Å². The Kier molecular flexibility index (Phi) is 8.11. The van der Waals surface area contributed by atoms with Crippen LogP contribution in [0.15, 0.2) is 24.3 Å². The topological polar surface area (TPSA) is 21.3 Å². The third kappa shape index (κ3) is 5.52. The number of hydrogen-bond acceptors (Lipinski definition) is 2. The van der Waals surface area contributed by atoms with Crippen LogP contribution >= 0.6 is 11.6 Å². The van der Waals surface area contributed by atoms with Crippen molar-refractivity contribution in [3.05, 3.63) is 34.9 Å². The van der Waals surface area contributed by atoms with E-state index in [1.165, 1.54) is 5.56 Å². The van der Waals surface area contributed by atoms with E-state index < -0.39 is 0 Å². The van der Waals surface area contributed by atoms with Gasteiger partial charge in [-0.1, -0.05) is 43.6 Å². The molecule has 0 saturated heterocycles. The van der Waals surface area contributed by atoms with Crippen molar-refractivity contribution in [3.8, 4) is 0 Å². The maximum atomic E-state index is 6.35. The minimum absolute atomic E-state index is 0.440. The Morgan fingerprint density at radius 1 is 1.32 bits per heavy atom. The van der Waals surface area contributed by atoms with Crippen LogP contribution in [0, 0.1) is 5.92 Å². The second kappa shape index (κ2) is 9.35. The highest BCUT2D eigenvalue weighted by Gasteiger charge is 2.20. The molecule has 0 amide bonds. The lowest BCUT2D eigenvalue weighted by atomic mass is 9.85. The van der Waals surface area contributed by atoms with Gasteiger partial charge in [-0.3, -0.25) is 0 Å². The summed E-state index contributed by atoms with van der Waals surface area (Å²) in [4.78, 5) is 0. The van der Waals surface area contributed by atoms with Crippen LogP contribution in [0.5, 0.6) is 0 Å². The Labute approximate surface area is 122 Å². The third-order valence-electron chi connectivity index (χ3n) is 3.56. The van der Waals surface area contributed by atoms with E-state index in [1.54, 1.807) is 7.11 Å². The quantitative estimate of drug-likeness (QED) is 0.689. The molecule has 2 nitrogen and oxygen atoms in total. The number of methoxy groups -OCH3 is 1. The monoisotopic (exact) mass is 283 g/mol. The summed E-state index contributed by atoms with van der Waals surface area (Å²) in [6, 6.07) is 8.18. The summed E-state index contributed by atoms with van der Waals surface area (Å²) in [5, 5.41) is 4.39. The summed E-state index contributed by atoms with van der Waals surface area (Å²) < 4.78 is 5.20. The zero-order valence-electron chi connectivity index (χ0n) is 12.3. The summed E-state index contributed by atoms with van der Waals surface area (Å²) >= 11 is 6.35. The minimum atomic E-state index is 0.440.